The molecule has 0 saturated carbocycles. The van der Waals surface area contributed by atoms with Gasteiger partial charge in [0.25, 0.3) is 0 Å². The molecule has 17 heavy (non-hydrogen) atoms. The van der Waals surface area contributed by atoms with Crippen molar-refractivity contribution in [2.24, 2.45) is 0 Å². The first-order valence-electron chi connectivity index (χ1n) is 5.96. The average Bonchev–Trinajstić information content (AvgIpc) is 2.77. The lowest BCUT2D eigenvalue weighted by atomic mass is 10.1. The molecule has 1 N–H and O–H groups in total. The monoisotopic (exact) mass is 241 g/mol. The summed E-state index contributed by atoms with van der Waals surface area (Å²) in [4.78, 5) is 0. The van der Waals surface area contributed by atoms with E-state index in [2.05, 4.69) is 5.32 Å². The normalized spacial score (nSPS) is 21.7. The molecule has 2 atom stereocenters. The van der Waals surface area contributed by atoms with Crippen molar-refractivity contribution in [3.8, 4) is 0 Å². The molecule has 1 aliphatic rings. The lowest BCUT2D eigenvalue weighted by Crippen LogP contribution is -2.28. The minimum atomic E-state index is -0.536. The maximum Gasteiger partial charge on any atom is 0.126 e. The zero-order valence-electron chi connectivity index (χ0n) is 9.88. The number of nitrogens with one attached hydrogen (secondary N) is 1. The molecule has 1 fully saturated rings. The molecule has 1 aliphatic heterocycles. The quantitative estimate of drug-likeness (QED) is 0.875. The van der Waals surface area contributed by atoms with Gasteiger partial charge in [-0.25, -0.2) is 8.78 Å². The van der Waals surface area contributed by atoms with Gasteiger partial charge in [-0.3, -0.25) is 0 Å². The predicted octanol–water partition coefficient (Wildman–Crippen LogP) is 2.79. The number of hydrogen-bond acceptors (Lipinski definition) is 2. The van der Waals surface area contributed by atoms with E-state index in [-0.39, 0.29) is 12.1 Å². The Balaban J connectivity index is 1.91. The van der Waals surface area contributed by atoms with Crippen LogP contribution in [-0.2, 0) is 4.74 Å². The SMILES string of the molecule is CC(NCC1CCCO1)c1cc(F)cc(F)c1. The summed E-state index contributed by atoms with van der Waals surface area (Å²) in [6.45, 7) is 3.43. The van der Waals surface area contributed by atoms with Crippen molar-refractivity contribution in [2.45, 2.75) is 31.9 Å². The minimum absolute atomic E-state index is 0.0793. The Bertz CT molecular complexity index is 357. The Labute approximate surface area is 100.0 Å². The second-order valence-electron chi connectivity index (χ2n) is 4.47. The van der Waals surface area contributed by atoms with E-state index in [9.17, 15) is 8.78 Å². The van der Waals surface area contributed by atoms with Crippen LogP contribution in [0.15, 0.2) is 18.2 Å². The Morgan fingerprint density at radius 3 is 2.65 bits per heavy atom. The number of ether oxygens (including phenoxy) is 1. The van der Waals surface area contributed by atoms with Crippen LogP contribution in [0.25, 0.3) is 0 Å². The zero-order valence-corrected chi connectivity index (χ0v) is 9.88. The Kier molecular flexibility index (Phi) is 4.07. The highest BCUT2D eigenvalue weighted by molar-refractivity contribution is 5.20. The van der Waals surface area contributed by atoms with Crippen LogP contribution in [0.4, 0.5) is 8.78 Å². The second kappa shape index (κ2) is 5.56. The standard InChI is InChI=1S/C13H17F2NO/c1-9(16-8-13-3-2-4-17-13)10-5-11(14)7-12(15)6-10/h5-7,9,13,16H,2-4,8H2,1H3. The first-order chi connectivity index (χ1) is 8.15. The van der Waals surface area contributed by atoms with Crippen molar-refractivity contribution in [1.82, 2.24) is 5.32 Å². The molecule has 94 valence electrons. The Morgan fingerprint density at radius 1 is 1.35 bits per heavy atom. The van der Waals surface area contributed by atoms with Crippen molar-refractivity contribution >= 4 is 0 Å². The molecule has 0 aliphatic carbocycles. The molecule has 0 amide bonds. The predicted molar refractivity (Wildman–Crippen MR) is 61.7 cm³/mol. The van der Waals surface area contributed by atoms with Crippen LogP contribution in [0.1, 0.15) is 31.4 Å². The Hall–Kier alpha value is -1.00. The molecule has 1 heterocycles. The largest absolute Gasteiger partial charge is 0.377 e. The molecule has 2 unspecified atom stereocenters. The summed E-state index contributed by atoms with van der Waals surface area (Å²) in [5.41, 5.74) is 0.625. The summed E-state index contributed by atoms with van der Waals surface area (Å²) >= 11 is 0. The fourth-order valence-electron chi connectivity index (χ4n) is 2.06. The maximum absolute atomic E-state index is 13.0. The highest BCUT2D eigenvalue weighted by atomic mass is 19.1. The zero-order chi connectivity index (χ0) is 12.3. The second-order valence-corrected chi connectivity index (χ2v) is 4.47. The van der Waals surface area contributed by atoms with Gasteiger partial charge in [-0.1, -0.05) is 0 Å². The van der Waals surface area contributed by atoms with E-state index >= 15 is 0 Å². The van der Waals surface area contributed by atoms with Gasteiger partial charge in [-0.15, -0.1) is 0 Å². The fraction of sp³-hybridized carbons (Fsp3) is 0.538. The molecular formula is C13H17F2NO. The molecule has 0 aromatic heterocycles. The molecule has 1 aromatic rings. The van der Waals surface area contributed by atoms with Crippen molar-refractivity contribution in [3.63, 3.8) is 0 Å². The highest BCUT2D eigenvalue weighted by Gasteiger charge is 2.16. The van der Waals surface area contributed by atoms with Gasteiger partial charge in [-0.05, 0) is 37.5 Å². The van der Waals surface area contributed by atoms with E-state index in [1.54, 1.807) is 0 Å². The molecule has 0 bridgehead atoms. The van der Waals surface area contributed by atoms with E-state index in [0.29, 0.717) is 5.56 Å². The van der Waals surface area contributed by atoms with Gasteiger partial charge >= 0.3 is 0 Å². The van der Waals surface area contributed by atoms with Gasteiger partial charge in [0.1, 0.15) is 11.6 Å². The first kappa shape index (κ1) is 12.5. The number of benzene rings is 1. The Morgan fingerprint density at radius 2 is 2.06 bits per heavy atom. The summed E-state index contributed by atoms with van der Waals surface area (Å²) in [6, 6.07) is 3.52. The summed E-state index contributed by atoms with van der Waals surface area (Å²) in [6.07, 6.45) is 2.38. The van der Waals surface area contributed by atoms with Crippen LogP contribution in [0.3, 0.4) is 0 Å². The number of halogens is 2. The fourth-order valence-corrected chi connectivity index (χ4v) is 2.06. The van der Waals surface area contributed by atoms with E-state index in [1.165, 1.54) is 12.1 Å². The average molecular weight is 241 g/mol. The van der Waals surface area contributed by atoms with Crippen LogP contribution in [0.2, 0.25) is 0 Å². The van der Waals surface area contributed by atoms with Crippen molar-refractivity contribution in [2.75, 3.05) is 13.2 Å². The first-order valence-corrected chi connectivity index (χ1v) is 5.96. The summed E-state index contributed by atoms with van der Waals surface area (Å²) < 4.78 is 31.6. The van der Waals surface area contributed by atoms with Crippen molar-refractivity contribution < 1.29 is 13.5 Å². The van der Waals surface area contributed by atoms with E-state index in [4.69, 9.17) is 4.74 Å². The number of rotatable bonds is 4. The van der Waals surface area contributed by atoms with Crippen LogP contribution in [-0.4, -0.2) is 19.3 Å². The van der Waals surface area contributed by atoms with Crippen molar-refractivity contribution in [1.29, 1.82) is 0 Å². The van der Waals surface area contributed by atoms with Gasteiger partial charge in [0.2, 0.25) is 0 Å². The highest BCUT2D eigenvalue weighted by Crippen LogP contribution is 2.17. The van der Waals surface area contributed by atoms with E-state index in [0.717, 1.165) is 32.1 Å². The third-order valence-corrected chi connectivity index (χ3v) is 3.06. The van der Waals surface area contributed by atoms with Crippen LogP contribution in [0, 0.1) is 11.6 Å². The molecule has 0 radical (unpaired) electrons. The molecular weight excluding hydrogens is 224 g/mol. The molecule has 2 nitrogen and oxygen atoms in total. The molecule has 4 heteroatoms. The summed E-state index contributed by atoms with van der Waals surface area (Å²) in [5, 5.41) is 3.24. The van der Waals surface area contributed by atoms with Gasteiger partial charge in [-0.2, -0.15) is 0 Å². The number of hydrogen-bond donors (Lipinski definition) is 1. The third kappa shape index (κ3) is 3.48. The summed E-state index contributed by atoms with van der Waals surface area (Å²) in [5.74, 6) is -1.07. The van der Waals surface area contributed by atoms with Crippen molar-refractivity contribution in [3.05, 3.63) is 35.4 Å². The molecule has 0 spiro atoms. The molecule has 1 saturated heterocycles. The van der Waals surface area contributed by atoms with Gasteiger partial charge in [0.15, 0.2) is 0 Å². The lowest BCUT2D eigenvalue weighted by Gasteiger charge is -2.17. The van der Waals surface area contributed by atoms with Crippen LogP contribution in [0.5, 0.6) is 0 Å². The van der Waals surface area contributed by atoms with Gasteiger partial charge < -0.3 is 10.1 Å². The smallest absolute Gasteiger partial charge is 0.126 e. The minimum Gasteiger partial charge on any atom is -0.377 e. The van der Waals surface area contributed by atoms with E-state index < -0.39 is 11.6 Å². The van der Waals surface area contributed by atoms with Crippen LogP contribution < -0.4 is 5.32 Å². The van der Waals surface area contributed by atoms with E-state index in [1.807, 2.05) is 6.92 Å². The summed E-state index contributed by atoms with van der Waals surface area (Å²) in [7, 11) is 0. The van der Waals surface area contributed by atoms with Gasteiger partial charge in [0.05, 0.1) is 6.10 Å². The lowest BCUT2D eigenvalue weighted by molar-refractivity contribution is 0.108. The molecule has 2 rings (SSSR count). The van der Waals surface area contributed by atoms with Crippen LogP contribution >= 0.6 is 0 Å². The maximum atomic E-state index is 13.0. The molecule has 1 aromatic carbocycles. The topological polar surface area (TPSA) is 21.3 Å². The van der Waals surface area contributed by atoms with Gasteiger partial charge in [0, 0.05) is 25.3 Å². The third-order valence-electron chi connectivity index (χ3n) is 3.06.